The number of rotatable bonds is 3. The highest BCUT2D eigenvalue weighted by Crippen LogP contribution is 2.16. The molecule has 2 N–H and O–H groups in total. The van der Waals surface area contributed by atoms with E-state index in [1.165, 1.54) is 9.80 Å². The molecule has 7 heteroatoms. The molecule has 1 heterocycles. The van der Waals surface area contributed by atoms with Gasteiger partial charge in [0.1, 0.15) is 0 Å². The third kappa shape index (κ3) is 3.90. The van der Waals surface area contributed by atoms with Gasteiger partial charge in [-0.05, 0) is 12.8 Å². The van der Waals surface area contributed by atoms with E-state index in [4.69, 9.17) is 5.11 Å². The van der Waals surface area contributed by atoms with Gasteiger partial charge in [0, 0.05) is 27.2 Å². The number of aliphatic carboxylic acids is 1. The maximum Gasteiger partial charge on any atom is 0.317 e. The number of carbonyl (C=O) groups excluding carboxylic acids is 2. The second-order valence-electron chi connectivity index (χ2n) is 4.57. The highest BCUT2D eigenvalue weighted by atomic mass is 16.4. The highest BCUT2D eigenvalue weighted by Gasteiger charge is 2.28. The Labute approximate surface area is 106 Å². The molecule has 3 amide bonds. The molecule has 1 fully saturated rings. The first-order valence-electron chi connectivity index (χ1n) is 5.87. The van der Waals surface area contributed by atoms with E-state index in [2.05, 4.69) is 5.32 Å². The molecule has 7 nitrogen and oxygen atoms in total. The Kier molecular flexibility index (Phi) is 4.94. The fraction of sp³-hybridized carbons (Fsp3) is 0.727. The van der Waals surface area contributed by atoms with Gasteiger partial charge < -0.3 is 20.2 Å². The van der Waals surface area contributed by atoms with E-state index >= 15 is 0 Å². The van der Waals surface area contributed by atoms with Crippen molar-refractivity contribution in [2.45, 2.75) is 12.8 Å². The molecule has 0 aromatic rings. The minimum absolute atomic E-state index is 0.0694. The predicted octanol–water partition coefficient (Wildman–Crippen LogP) is -0.419. The number of carboxylic acid groups (broad SMARTS) is 1. The van der Waals surface area contributed by atoms with Gasteiger partial charge in [0.25, 0.3) is 0 Å². The van der Waals surface area contributed by atoms with Crippen molar-refractivity contribution in [1.29, 1.82) is 0 Å². The van der Waals surface area contributed by atoms with Crippen LogP contribution in [-0.4, -0.2) is 66.5 Å². The van der Waals surface area contributed by atoms with Crippen molar-refractivity contribution in [3.63, 3.8) is 0 Å². The quantitative estimate of drug-likeness (QED) is 0.718. The van der Waals surface area contributed by atoms with Crippen LogP contribution in [0.15, 0.2) is 0 Å². The van der Waals surface area contributed by atoms with Crippen molar-refractivity contribution in [1.82, 2.24) is 15.1 Å². The van der Waals surface area contributed by atoms with Crippen LogP contribution in [0, 0.1) is 5.92 Å². The average Bonchev–Trinajstić information content (AvgIpc) is 2.35. The van der Waals surface area contributed by atoms with Crippen LogP contribution in [0.2, 0.25) is 0 Å². The molecule has 18 heavy (non-hydrogen) atoms. The van der Waals surface area contributed by atoms with Crippen molar-refractivity contribution >= 4 is 17.9 Å². The average molecular weight is 257 g/mol. The molecule has 1 rings (SSSR count). The molecule has 0 aromatic heterocycles. The number of hydrogen-bond donors (Lipinski definition) is 2. The van der Waals surface area contributed by atoms with E-state index in [1.807, 2.05) is 0 Å². The van der Waals surface area contributed by atoms with Crippen LogP contribution in [0.4, 0.5) is 4.79 Å². The minimum atomic E-state index is -0.878. The Balaban J connectivity index is 2.42. The summed E-state index contributed by atoms with van der Waals surface area (Å²) in [4.78, 5) is 36.7. The zero-order valence-electron chi connectivity index (χ0n) is 10.7. The van der Waals surface area contributed by atoms with E-state index in [0.29, 0.717) is 19.4 Å². The summed E-state index contributed by atoms with van der Waals surface area (Å²) < 4.78 is 0. The van der Waals surface area contributed by atoms with E-state index in [9.17, 15) is 14.4 Å². The normalized spacial score (nSPS) is 19.2. The first-order valence-corrected chi connectivity index (χ1v) is 5.87. The molecule has 0 bridgehead atoms. The summed E-state index contributed by atoms with van der Waals surface area (Å²) in [6.45, 7) is 0.670. The van der Waals surface area contributed by atoms with Crippen LogP contribution in [0.25, 0.3) is 0 Å². The standard InChI is InChI=1S/C11H19N3O4/c1-13(2)9(15)6-12-11(18)14-5-3-4-8(7-14)10(16)17/h8H,3-7H2,1-2H3,(H,12,18)(H,16,17). The van der Waals surface area contributed by atoms with Crippen LogP contribution in [0.3, 0.4) is 0 Å². The number of urea groups is 1. The zero-order valence-corrected chi connectivity index (χ0v) is 10.7. The summed E-state index contributed by atoms with van der Waals surface area (Å²) >= 11 is 0. The van der Waals surface area contributed by atoms with E-state index in [0.717, 1.165) is 0 Å². The van der Waals surface area contributed by atoms with Gasteiger partial charge in [-0.1, -0.05) is 0 Å². The highest BCUT2D eigenvalue weighted by molar-refractivity contribution is 5.84. The second-order valence-corrected chi connectivity index (χ2v) is 4.57. The lowest BCUT2D eigenvalue weighted by molar-refractivity contribution is -0.143. The van der Waals surface area contributed by atoms with Crippen LogP contribution < -0.4 is 5.32 Å². The Morgan fingerprint density at radius 2 is 2.06 bits per heavy atom. The molecular weight excluding hydrogens is 238 g/mol. The Morgan fingerprint density at radius 3 is 2.61 bits per heavy atom. The number of likely N-dealkylation sites (tertiary alicyclic amines) is 1. The number of carboxylic acids is 1. The lowest BCUT2D eigenvalue weighted by Gasteiger charge is -2.30. The maximum absolute atomic E-state index is 11.7. The first-order chi connectivity index (χ1) is 8.41. The van der Waals surface area contributed by atoms with Gasteiger partial charge >= 0.3 is 12.0 Å². The van der Waals surface area contributed by atoms with Crippen molar-refractivity contribution in [3.8, 4) is 0 Å². The Hall–Kier alpha value is -1.79. The van der Waals surface area contributed by atoms with E-state index in [-0.39, 0.29) is 25.0 Å². The van der Waals surface area contributed by atoms with E-state index < -0.39 is 11.9 Å². The fourth-order valence-electron chi connectivity index (χ4n) is 1.78. The lowest BCUT2D eigenvalue weighted by atomic mass is 9.99. The molecule has 1 saturated heterocycles. The fourth-order valence-corrected chi connectivity index (χ4v) is 1.78. The summed E-state index contributed by atoms with van der Waals surface area (Å²) in [6.07, 6.45) is 1.27. The zero-order chi connectivity index (χ0) is 13.7. The summed E-state index contributed by atoms with van der Waals surface area (Å²) in [5.74, 6) is -1.58. The number of nitrogens with zero attached hydrogens (tertiary/aromatic N) is 2. The van der Waals surface area contributed by atoms with Crippen molar-refractivity contribution in [3.05, 3.63) is 0 Å². The number of amides is 3. The molecule has 0 aromatic carbocycles. The maximum atomic E-state index is 11.7. The minimum Gasteiger partial charge on any atom is -0.481 e. The van der Waals surface area contributed by atoms with Gasteiger partial charge in [-0.3, -0.25) is 9.59 Å². The molecular formula is C11H19N3O4. The summed E-state index contributed by atoms with van der Waals surface area (Å²) in [6, 6.07) is -0.379. The molecule has 102 valence electrons. The molecule has 1 aliphatic heterocycles. The van der Waals surface area contributed by atoms with Crippen molar-refractivity contribution in [2.24, 2.45) is 5.92 Å². The van der Waals surface area contributed by atoms with Gasteiger partial charge in [-0.2, -0.15) is 0 Å². The van der Waals surface area contributed by atoms with Crippen molar-refractivity contribution in [2.75, 3.05) is 33.7 Å². The van der Waals surface area contributed by atoms with Gasteiger partial charge in [0.15, 0.2) is 0 Å². The number of carbonyl (C=O) groups is 3. The largest absolute Gasteiger partial charge is 0.481 e. The first kappa shape index (κ1) is 14.3. The molecule has 0 spiro atoms. The smallest absolute Gasteiger partial charge is 0.317 e. The third-order valence-electron chi connectivity index (χ3n) is 2.95. The van der Waals surface area contributed by atoms with Crippen LogP contribution >= 0.6 is 0 Å². The summed E-state index contributed by atoms with van der Waals surface area (Å²) in [7, 11) is 3.21. The van der Waals surface area contributed by atoms with Gasteiger partial charge in [0.05, 0.1) is 12.5 Å². The number of likely N-dealkylation sites (N-methyl/N-ethyl adjacent to an activating group) is 1. The van der Waals surface area contributed by atoms with Crippen LogP contribution in [0.5, 0.6) is 0 Å². The molecule has 1 aliphatic rings. The Bertz CT molecular complexity index is 343. The molecule has 1 atom stereocenters. The van der Waals surface area contributed by atoms with Crippen molar-refractivity contribution < 1.29 is 19.5 Å². The van der Waals surface area contributed by atoms with Crippen LogP contribution in [-0.2, 0) is 9.59 Å². The van der Waals surface area contributed by atoms with Crippen LogP contribution in [0.1, 0.15) is 12.8 Å². The number of nitrogens with one attached hydrogen (secondary N) is 1. The molecule has 0 radical (unpaired) electrons. The lowest BCUT2D eigenvalue weighted by Crippen LogP contribution is -2.49. The van der Waals surface area contributed by atoms with Gasteiger partial charge in [-0.15, -0.1) is 0 Å². The molecule has 0 aliphatic carbocycles. The Morgan fingerprint density at radius 1 is 1.39 bits per heavy atom. The molecule has 0 saturated carbocycles. The summed E-state index contributed by atoms with van der Waals surface area (Å²) in [5, 5.41) is 11.4. The number of piperidine rings is 1. The second kappa shape index (κ2) is 6.23. The number of hydrogen-bond acceptors (Lipinski definition) is 3. The predicted molar refractivity (Wildman–Crippen MR) is 64.0 cm³/mol. The topological polar surface area (TPSA) is 90.0 Å². The third-order valence-corrected chi connectivity index (χ3v) is 2.95. The SMILES string of the molecule is CN(C)C(=O)CNC(=O)N1CCCC(C(=O)O)C1. The monoisotopic (exact) mass is 257 g/mol. The van der Waals surface area contributed by atoms with Gasteiger partial charge in [-0.25, -0.2) is 4.79 Å². The van der Waals surface area contributed by atoms with E-state index in [1.54, 1.807) is 14.1 Å². The van der Waals surface area contributed by atoms with Gasteiger partial charge in [0.2, 0.25) is 5.91 Å². The molecule has 1 unspecified atom stereocenters. The summed E-state index contributed by atoms with van der Waals surface area (Å²) in [5.41, 5.74) is 0.